The molecule has 154 valence electrons. The molecule has 2 aromatic carbocycles. The molecule has 0 radical (unpaired) electrons. The van der Waals surface area contributed by atoms with Gasteiger partial charge in [0.05, 0.1) is 0 Å². The fraction of sp³-hybridized carbons (Fsp3) is 0.286. The molecule has 0 bridgehead atoms. The van der Waals surface area contributed by atoms with Gasteiger partial charge in [-0.1, -0.05) is 30.3 Å². The minimum Gasteiger partial charge on any atom is -0.490 e. The maximum Gasteiger partial charge on any atom is 0.342 e. The van der Waals surface area contributed by atoms with E-state index in [9.17, 15) is 14.4 Å². The Morgan fingerprint density at radius 3 is 2.28 bits per heavy atom. The molecule has 0 aliphatic rings. The Morgan fingerprint density at radius 2 is 1.55 bits per heavy atom. The van der Waals surface area contributed by atoms with Gasteiger partial charge in [0, 0.05) is 6.04 Å². The molecule has 0 atom stereocenters. The van der Waals surface area contributed by atoms with E-state index < -0.39 is 24.5 Å². The van der Waals surface area contributed by atoms with Gasteiger partial charge in [0.15, 0.2) is 6.61 Å². The number of nitrogens with one attached hydrogen (secondary N) is 2. The number of carbonyl (C=O) groups excluding carboxylic acids is 3. The summed E-state index contributed by atoms with van der Waals surface area (Å²) in [5.74, 6) is -0.432. The third-order valence-electron chi connectivity index (χ3n) is 3.47. The van der Waals surface area contributed by atoms with E-state index in [1.165, 1.54) is 6.07 Å². The average molecular weight is 400 g/mol. The number of para-hydroxylation sites is 2. The number of hydrogen-bond acceptors (Lipinski definition) is 6. The van der Waals surface area contributed by atoms with Gasteiger partial charge in [-0.3, -0.25) is 10.1 Å². The average Bonchev–Trinajstić information content (AvgIpc) is 2.70. The van der Waals surface area contributed by atoms with Crippen molar-refractivity contribution in [1.82, 2.24) is 10.6 Å². The number of imide groups is 1. The van der Waals surface area contributed by atoms with Crippen molar-refractivity contribution in [2.24, 2.45) is 0 Å². The van der Waals surface area contributed by atoms with Crippen LogP contribution in [0.1, 0.15) is 24.2 Å². The van der Waals surface area contributed by atoms with Crippen LogP contribution >= 0.6 is 0 Å². The molecule has 0 heterocycles. The molecule has 29 heavy (non-hydrogen) atoms. The van der Waals surface area contributed by atoms with Gasteiger partial charge in [0.1, 0.15) is 30.3 Å². The van der Waals surface area contributed by atoms with Crippen molar-refractivity contribution in [1.29, 1.82) is 0 Å². The molecule has 0 unspecified atom stereocenters. The zero-order valence-electron chi connectivity index (χ0n) is 16.3. The van der Waals surface area contributed by atoms with E-state index in [0.29, 0.717) is 12.4 Å². The van der Waals surface area contributed by atoms with Crippen molar-refractivity contribution in [3.8, 4) is 11.5 Å². The number of carbonyl (C=O) groups is 3. The SMILES string of the molecule is CC(C)NC(=O)NC(=O)COC(=O)c1ccccc1OCCOc1ccccc1. The highest BCUT2D eigenvalue weighted by molar-refractivity contribution is 5.97. The first-order valence-corrected chi connectivity index (χ1v) is 9.13. The van der Waals surface area contributed by atoms with Gasteiger partial charge in [-0.15, -0.1) is 0 Å². The van der Waals surface area contributed by atoms with E-state index in [-0.39, 0.29) is 18.2 Å². The third-order valence-corrected chi connectivity index (χ3v) is 3.47. The molecule has 0 aromatic heterocycles. The molecule has 8 heteroatoms. The van der Waals surface area contributed by atoms with Gasteiger partial charge < -0.3 is 19.5 Å². The van der Waals surface area contributed by atoms with Crippen molar-refractivity contribution in [3.05, 3.63) is 60.2 Å². The Hall–Kier alpha value is -3.55. The number of amides is 3. The van der Waals surface area contributed by atoms with Gasteiger partial charge in [-0.05, 0) is 38.1 Å². The Kier molecular flexibility index (Phi) is 8.50. The highest BCUT2D eigenvalue weighted by Gasteiger charge is 2.16. The fourth-order valence-electron chi connectivity index (χ4n) is 2.26. The second kappa shape index (κ2) is 11.3. The third kappa shape index (κ3) is 7.92. The van der Waals surface area contributed by atoms with Crippen LogP contribution in [0, 0.1) is 0 Å². The van der Waals surface area contributed by atoms with Crippen molar-refractivity contribution in [2.75, 3.05) is 19.8 Å². The van der Waals surface area contributed by atoms with Crippen LogP contribution < -0.4 is 20.1 Å². The van der Waals surface area contributed by atoms with Crippen LogP contribution in [0.25, 0.3) is 0 Å². The van der Waals surface area contributed by atoms with Gasteiger partial charge in [0.2, 0.25) is 0 Å². The van der Waals surface area contributed by atoms with E-state index in [1.807, 2.05) is 30.3 Å². The summed E-state index contributed by atoms with van der Waals surface area (Å²) < 4.78 is 16.1. The summed E-state index contributed by atoms with van der Waals surface area (Å²) >= 11 is 0. The van der Waals surface area contributed by atoms with Gasteiger partial charge in [0.25, 0.3) is 5.91 Å². The number of hydrogen-bond donors (Lipinski definition) is 2. The zero-order chi connectivity index (χ0) is 21.1. The molecule has 0 saturated heterocycles. The van der Waals surface area contributed by atoms with Crippen molar-refractivity contribution in [3.63, 3.8) is 0 Å². The van der Waals surface area contributed by atoms with E-state index in [4.69, 9.17) is 14.2 Å². The molecular formula is C21H24N2O6. The molecular weight excluding hydrogens is 376 g/mol. The van der Waals surface area contributed by atoms with Crippen LogP contribution in [0.2, 0.25) is 0 Å². The topological polar surface area (TPSA) is 103 Å². The Labute approximate surface area is 169 Å². The fourth-order valence-corrected chi connectivity index (χ4v) is 2.26. The van der Waals surface area contributed by atoms with Gasteiger partial charge in [-0.2, -0.15) is 0 Å². The van der Waals surface area contributed by atoms with E-state index in [2.05, 4.69) is 10.6 Å². The molecule has 0 aliphatic carbocycles. The molecule has 0 fully saturated rings. The zero-order valence-corrected chi connectivity index (χ0v) is 16.3. The maximum atomic E-state index is 12.3. The Balaban J connectivity index is 1.81. The molecule has 8 nitrogen and oxygen atoms in total. The van der Waals surface area contributed by atoms with Crippen molar-refractivity contribution < 1.29 is 28.6 Å². The summed E-state index contributed by atoms with van der Waals surface area (Å²) in [6, 6.07) is 15.0. The lowest BCUT2D eigenvalue weighted by Crippen LogP contribution is -2.44. The molecule has 2 aromatic rings. The molecule has 0 saturated carbocycles. The van der Waals surface area contributed by atoms with Crippen LogP contribution in [-0.2, 0) is 9.53 Å². The monoisotopic (exact) mass is 400 g/mol. The molecule has 2 N–H and O–H groups in total. The lowest BCUT2D eigenvalue weighted by molar-refractivity contribution is -0.123. The van der Waals surface area contributed by atoms with E-state index in [0.717, 1.165) is 5.75 Å². The molecule has 2 rings (SSSR count). The highest BCUT2D eigenvalue weighted by Crippen LogP contribution is 2.19. The lowest BCUT2D eigenvalue weighted by atomic mass is 10.2. The summed E-state index contributed by atoms with van der Waals surface area (Å²) in [4.78, 5) is 35.4. The Morgan fingerprint density at radius 1 is 0.897 bits per heavy atom. The van der Waals surface area contributed by atoms with Crippen LogP contribution in [0.5, 0.6) is 11.5 Å². The quantitative estimate of drug-likeness (QED) is 0.495. The first-order chi connectivity index (χ1) is 14.0. The number of rotatable bonds is 9. The summed E-state index contributed by atoms with van der Waals surface area (Å²) in [6.45, 7) is 3.43. The Bertz CT molecular complexity index is 823. The smallest absolute Gasteiger partial charge is 0.342 e. The summed E-state index contributed by atoms with van der Waals surface area (Å²) in [6.07, 6.45) is 0. The number of esters is 1. The normalized spacial score (nSPS) is 10.2. The summed E-state index contributed by atoms with van der Waals surface area (Å²) in [5, 5.41) is 4.58. The van der Waals surface area contributed by atoms with E-state index >= 15 is 0 Å². The van der Waals surface area contributed by atoms with E-state index in [1.54, 1.807) is 32.0 Å². The number of ether oxygens (including phenoxy) is 3. The molecule has 3 amide bonds. The number of benzene rings is 2. The van der Waals surface area contributed by atoms with Crippen molar-refractivity contribution in [2.45, 2.75) is 19.9 Å². The molecule has 0 spiro atoms. The van der Waals surface area contributed by atoms with Crippen LogP contribution in [0.3, 0.4) is 0 Å². The first kappa shape index (κ1) is 21.7. The standard InChI is InChI=1S/C21H24N2O6/c1-15(2)22-21(26)23-19(24)14-29-20(25)17-10-6-7-11-18(17)28-13-12-27-16-8-4-3-5-9-16/h3-11,15H,12-14H2,1-2H3,(H2,22,23,24,26). The van der Waals surface area contributed by atoms with Gasteiger partial charge >= 0.3 is 12.0 Å². The first-order valence-electron chi connectivity index (χ1n) is 9.13. The highest BCUT2D eigenvalue weighted by atomic mass is 16.5. The number of urea groups is 1. The minimum absolute atomic E-state index is 0.125. The van der Waals surface area contributed by atoms with Crippen LogP contribution in [-0.4, -0.2) is 43.8 Å². The van der Waals surface area contributed by atoms with Crippen molar-refractivity contribution >= 4 is 17.9 Å². The summed E-state index contributed by atoms with van der Waals surface area (Å²) in [7, 11) is 0. The second-order valence-corrected chi connectivity index (χ2v) is 6.26. The van der Waals surface area contributed by atoms with Crippen LogP contribution in [0.4, 0.5) is 4.79 Å². The van der Waals surface area contributed by atoms with Crippen LogP contribution in [0.15, 0.2) is 54.6 Å². The predicted molar refractivity (Wildman–Crippen MR) is 106 cm³/mol. The van der Waals surface area contributed by atoms with Gasteiger partial charge in [-0.25, -0.2) is 9.59 Å². The second-order valence-electron chi connectivity index (χ2n) is 6.26. The minimum atomic E-state index is -0.732. The summed E-state index contributed by atoms with van der Waals surface area (Å²) in [5.41, 5.74) is 0.173. The maximum absolute atomic E-state index is 12.3. The largest absolute Gasteiger partial charge is 0.490 e. The lowest BCUT2D eigenvalue weighted by Gasteiger charge is -2.12. The molecule has 0 aliphatic heterocycles. The predicted octanol–water partition coefficient (Wildman–Crippen LogP) is 2.54.